The zero-order valence-corrected chi connectivity index (χ0v) is 14.6. The Labute approximate surface area is 151 Å². The maximum Gasteiger partial charge on any atom is 0.310 e. The van der Waals surface area contributed by atoms with Crippen molar-refractivity contribution >= 4 is 29.0 Å². The van der Waals surface area contributed by atoms with Crippen LogP contribution in [0.2, 0.25) is 0 Å². The second-order valence-electron chi connectivity index (χ2n) is 6.13. The van der Waals surface area contributed by atoms with Gasteiger partial charge in [0.25, 0.3) is 0 Å². The van der Waals surface area contributed by atoms with Crippen molar-refractivity contribution in [2.24, 2.45) is 5.92 Å². The highest BCUT2D eigenvalue weighted by atomic mass is 19.1. The van der Waals surface area contributed by atoms with Crippen LogP contribution in [-0.4, -0.2) is 35.6 Å². The molecule has 0 saturated carbocycles. The van der Waals surface area contributed by atoms with E-state index in [1.807, 2.05) is 4.90 Å². The van der Waals surface area contributed by atoms with Gasteiger partial charge in [0.15, 0.2) is 11.6 Å². The molecule has 7 nitrogen and oxygen atoms in total. The van der Waals surface area contributed by atoms with Crippen molar-refractivity contribution < 1.29 is 13.9 Å². The fourth-order valence-corrected chi connectivity index (χ4v) is 3.03. The van der Waals surface area contributed by atoms with E-state index in [1.54, 1.807) is 19.1 Å². The van der Waals surface area contributed by atoms with E-state index in [0.29, 0.717) is 36.2 Å². The lowest BCUT2D eigenvalue weighted by Crippen LogP contribution is -2.40. The summed E-state index contributed by atoms with van der Waals surface area (Å²) in [5.41, 5.74) is 7.31. The molecule has 1 fully saturated rings. The molecule has 1 aliphatic heterocycles. The number of anilines is 4. The van der Waals surface area contributed by atoms with Crippen molar-refractivity contribution in [1.29, 1.82) is 0 Å². The Balaban J connectivity index is 1.78. The first-order valence-corrected chi connectivity index (χ1v) is 8.63. The van der Waals surface area contributed by atoms with Crippen LogP contribution in [0.25, 0.3) is 0 Å². The summed E-state index contributed by atoms with van der Waals surface area (Å²) in [7, 11) is 0. The Morgan fingerprint density at radius 1 is 1.38 bits per heavy atom. The van der Waals surface area contributed by atoms with Gasteiger partial charge in [0.1, 0.15) is 17.8 Å². The Morgan fingerprint density at radius 2 is 2.15 bits per heavy atom. The van der Waals surface area contributed by atoms with Gasteiger partial charge in [-0.2, -0.15) is 0 Å². The van der Waals surface area contributed by atoms with Gasteiger partial charge in [0, 0.05) is 18.8 Å². The molecule has 0 aliphatic carbocycles. The average Bonchev–Trinajstić information content (AvgIpc) is 2.65. The molecule has 1 aromatic heterocycles. The van der Waals surface area contributed by atoms with Gasteiger partial charge in [-0.15, -0.1) is 0 Å². The third-order valence-electron chi connectivity index (χ3n) is 4.31. The lowest BCUT2D eigenvalue weighted by atomic mass is 9.98. The number of benzene rings is 1. The summed E-state index contributed by atoms with van der Waals surface area (Å²) < 4.78 is 18.2. The van der Waals surface area contributed by atoms with Gasteiger partial charge in [0.2, 0.25) is 0 Å². The van der Waals surface area contributed by atoms with Crippen LogP contribution in [-0.2, 0) is 9.53 Å². The van der Waals surface area contributed by atoms with E-state index in [0.717, 1.165) is 19.4 Å². The first-order valence-electron chi connectivity index (χ1n) is 8.63. The van der Waals surface area contributed by atoms with Crippen molar-refractivity contribution in [2.75, 3.05) is 35.6 Å². The van der Waals surface area contributed by atoms with Crippen molar-refractivity contribution in [3.8, 4) is 0 Å². The number of nitrogens with two attached hydrogens (primary N) is 1. The smallest absolute Gasteiger partial charge is 0.310 e. The highest BCUT2D eigenvalue weighted by molar-refractivity contribution is 5.79. The SMILES string of the molecule is CCOC(=O)C1CCCN(c2ncnc(Nc3ccc(F)cc3)c2N)C1. The summed E-state index contributed by atoms with van der Waals surface area (Å²) in [6.07, 6.45) is 3.07. The second kappa shape index (κ2) is 7.99. The summed E-state index contributed by atoms with van der Waals surface area (Å²) >= 11 is 0. The molecule has 3 rings (SSSR count). The standard InChI is InChI=1S/C18H22FN5O2/c1-2-26-18(25)12-4-3-9-24(10-12)17-15(20)16(21-11-22-17)23-14-7-5-13(19)6-8-14/h5-8,11-12H,2-4,9-10,20H2,1H3,(H,21,22,23). The van der Waals surface area contributed by atoms with Crippen LogP contribution >= 0.6 is 0 Å². The number of ether oxygens (including phenoxy) is 1. The minimum atomic E-state index is -0.315. The number of carbonyl (C=O) groups is 1. The van der Waals surface area contributed by atoms with E-state index in [2.05, 4.69) is 15.3 Å². The number of carbonyl (C=O) groups excluding carboxylic acids is 1. The van der Waals surface area contributed by atoms with E-state index in [9.17, 15) is 9.18 Å². The quantitative estimate of drug-likeness (QED) is 0.793. The van der Waals surface area contributed by atoms with Crippen LogP contribution in [0, 0.1) is 11.7 Å². The fraction of sp³-hybridized carbons (Fsp3) is 0.389. The molecular formula is C18H22FN5O2. The Kier molecular flexibility index (Phi) is 5.50. The molecule has 1 saturated heterocycles. The van der Waals surface area contributed by atoms with E-state index in [4.69, 9.17) is 10.5 Å². The first kappa shape index (κ1) is 17.9. The molecular weight excluding hydrogens is 337 g/mol. The van der Waals surface area contributed by atoms with Crippen LogP contribution in [0.1, 0.15) is 19.8 Å². The molecule has 0 spiro atoms. The summed E-state index contributed by atoms with van der Waals surface area (Å²) in [6, 6.07) is 5.92. The van der Waals surface area contributed by atoms with Crippen molar-refractivity contribution in [1.82, 2.24) is 9.97 Å². The normalized spacial score (nSPS) is 17.0. The molecule has 1 unspecified atom stereocenters. The van der Waals surface area contributed by atoms with Crippen LogP contribution < -0.4 is 16.0 Å². The van der Waals surface area contributed by atoms with Crippen LogP contribution in [0.4, 0.5) is 27.4 Å². The number of hydrogen-bond acceptors (Lipinski definition) is 7. The Morgan fingerprint density at radius 3 is 2.88 bits per heavy atom. The van der Waals surface area contributed by atoms with E-state index in [-0.39, 0.29) is 17.7 Å². The number of halogens is 1. The van der Waals surface area contributed by atoms with Crippen molar-refractivity contribution in [3.63, 3.8) is 0 Å². The van der Waals surface area contributed by atoms with Crippen LogP contribution in [0.15, 0.2) is 30.6 Å². The summed E-state index contributed by atoms with van der Waals surface area (Å²) in [6.45, 7) is 3.44. The molecule has 2 aromatic rings. The number of nitrogens with one attached hydrogen (secondary N) is 1. The number of rotatable bonds is 5. The molecule has 2 heterocycles. The highest BCUT2D eigenvalue weighted by Gasteiger charge is 2.29. The largest absolute Gasteiger partial charge is 0.466 e. The van der Waals surface area contributed by atoms with Gasteiger partial charge in [-0.25, -0.2) is 14.4 Å². The average molecular weight is 359 g/mol. The number of aromatic nitrogens is 2. The van der Waals surface area contributed by atoms with Gasteiger partial charge in [0.05, 0.1) is 12.5 Å². The molecule has 3 N–H and O–H groups in total. The molecule has 0 radical (unpaired) electrons. The van der Waals surface area contributed by atoms with Gasteiger partial charge < -0.3 is 20.7 Å². The third kappa shape index (κ3) is 4.01. The number of nitrogens with zero attached hydrogens (tertiary/aromatic N) is 3. The van der Waals surface area contributed by atoms with E-state index < -0.39 is 0 Å². The number of esters is 1. The molecule has 1 aliphatic rings. The zero-order chi connectivity index (χ0) is 18.5. The zero-order valence-electron chi connectivity index (χ0n) is 14.6. The van der Waals surface area contributed by atoms with Gasteiger partial charge in [-0.3, -0.25) is 4.79 Å². The lowest BCUT2D eigenvalue weighted by molar-refractivity contribution is -0.148. The van der Waals surface area contributed by atoms with Crippen LogP contribution in [0.3, 0.4) is 0 Å². The minimum Gasteiger partial charge on any atom is -0.466 e. The molecule has 26 heavy (non-hydrogen) atoms. The molecule has 8 heteroatoms. The third-order valence-corrected chi connectivity index (χ3v) is 4.31. The van der Waals surface area contributed by atoms with E-state index in [1.165, 1.54) is 18.5 Å². The van der Waals surface area contributed by atoms with Gasteiger partial charge in [-0.05, 0) is 44.0 Å². The maximum atomic E-state index is 13.0. The summed E-state index contributed by atoms with van der Waals surface area (Å²) in [4.78, 5) is 22.5. The molecule has 138 valence electrons. The van der Waals surface area contributed by atoms with Gasteiger partial charge in [-0.1, -0.05) is 0 Å². The Bertz CT molecular complexity index is 769. The topological polar surface area (TPSA) is 93.4 Å². The number of hydrogen-bond donors (Lipinski definition) is 2. The fourth-order valence-electron chi connectivity index (χ4n) is 3.03. The minimum absolute atomic E-state index is 0.186. The predicted octanol–water partition coefficient (Wildman–Crippen LogP) is 2.72. The second-order valence-corrected chi connectivity index (χ2v) is 6.13. The lowest BCUT2D eigenvalue weighted by Gasteiger charge is -2.33. The maximum absolute atomic E-state index is 13.0. The molecule has 0 bridgehead atoms. The predicted molar refractivity (Wildman–Crippen MR) is 97.7 cm³/mol. The first-order chi connectivity index (χ1) is 12.6. The summed E-state index contributed by atoms with van der Waals surface area (Å²) in [5.74, 6) is 0.338. The number of piperidine rings is 1. The van der Waals surface area contributed by atoms with Crippen molar-refractivity contribution in [3.05, 3.63) is 36.4 Å². The number of nitrogen functional groups attached to an aromatic ring is 1. The molecule has 1 aromatic carbocycles. The van der Waals surface area contributed by atoms with Crippen molar-refractivity contribution in [2.45, 2.75) is 19.8 Å². The highest BCUT2D eigenvalue weighted by Crippen LogP contribution is 2.31. The van der Waals surface area contributed by atoms with E-state index >= 15 is 0 Å². The Hall–Kier alpha value is -2.90. The molecule has 1 atom stereocenters. The van der Waals surface area contributed by atoms with Crippen LogP contribution in [0.5, 0.6) is 0 Å². The monoisotopic (exact) mass is 359 g/mol. The van der Waals surface area contributed by atoms with Gasteiger partial charge >= 0.3 is 5.97 Å². The molecule has 0 amide bonds. The summed E-state index contributed by atoms with van der Waals surface area (Å²) in [5, 5.41) is 3.07.